The SMILES string of the molecule is CCn1cc(C(N)C2COc3ccccc32)cn1. The first-order chi connectivity index (χ1) is 8.79. The molecule has 2 aromatic rings. The zero-order valence-electron chi connectivity index (χ0n) is 10.4. The molecular weight excluding hydrogens is 226 g/mol. The monoisotopic (exact) mass is 243 g/mol. The molecule has 2 N–H and O–H groups in total. The van der Waals surface area contributed by atoms with Gasteiger partial charge in [0.2, 0.25) is 0 Å². The molecule has 1 aromatic carbocycles. The second-order valence-electron chi connectivity index (χ2n) is 4.61. The predicted molar refractivity (Wildman–Crippen MR) is 69.5 cm³/mol. The number of aromatic nitrogens is 2. The van der Waals surface area contributed by atoms with Gasteiger partial charge in [0, 0.05) is 35.8 Å². The second kappa shape index (κ2) is 4.46. The number of fused-ring (bicyclic) bond motifs is 1. The molecule has 4 nitrogen and oxygen atoms in total. The second-order valence-corrected chi connectivity index (χ2v) is 4.61. The number of ether oxygens (including phenoxy) is 1. The number of nitrogens with zero attached hydrogens (tertiary/aromatic N) is 2. The van der Waals surface area contributed by atoms with Crippen molar-refractivity contribution in [2.45, 2.75) is 25.4 Å². The molecule has 0 radical (unpaired) electrons. The third kappa shape index (κ3) is 1.78. The van der Waals surface area contributed by atoms with E-state index in [2.05, 4.69) is 18.1 Å². The summed E-state index contributed by atoms with van der Waals surface area (Å²) in [5.41, 5.74) is 8.62. The van der Waals surface area contributed by atoms with Crippen LogP contribution in [0.1, 0.15) is 30.0 Å². The highest BCUT2D eigenvalue weighted by atomic mass is 16.5. The van der Waals surface area contributed by atoms with Gasteiger partial charge in [-0.3, -0.25) is 4.68 Å². The third-order valence-electron chi connectivity index (χ3n) is 3.53. The molecule has 0 saturated carbocycles. The molecule has 1 aliphatic rings. The van der Waals surface area contributed by atoms with Crippen LogP contribution in [-0.4, -0.2) is 16.4 Å². The highest BCUT2D eigenvalue weighted by molar-refractivity contribution is 5.41. The van der Waals surface area contributed by atoms with Crippen molar-refractivity contribution in [2.75, 3.05) is 6.61 Å². The first-order valence-electron chi connectivity index (χ1n) is 6.29. The van der Waals surface area contributed by atoms with E-state index < -0.39 is 0 Å². The van der Waals surface area contributed by atoms with Gasteiger partial charge in [-0.25, -0.2) is 0 Å². The average molecular weight is 243 g/mol. The summed E-state index contributed by atoms with van der Waals surface area (Å²) in [6, 6.07) is 8.05. The van der Waals surface area contributed by atoms with Gasteiger partial charge in [0.15, 0.2) is 0 Å². The molecule has 2 atom stereocenters. The fourth-order valence-corrected chi connectivity index (χ4v) is 2.44. The molecule has 1 aliphatic heterocycles. The number of benzene rings is 1. The van der Waals surface area contributed by atoms with Crippen molar-refractivity contribution in [3.8, 4) is 5.75 Å². The van der Waals surface area contributed by atoms with Crippen molar-refractivity contribution in [1.29, 1.82) is 0 Å². The molecule has 0 bridgehead atoms. The fraction of sp³-hybridized carbons (Fsp3) is 0.357. The minimum atomic E-state index is -0.0612. The fourth-order valence-electron chi connectivity index (χ4n) is 2.44. The van der Waals surface area contributed by atoms with E-state index in [0.717, 1.165) is 17.9 Å². The highest BCUT2D eigenvalue weighted by Gasteiger charge is 2.30. The summed E-state index contributed by atoms with van der Waals surface area (Å²) in [5.74, 6) is 1.18. The van der Waals surface area contributed by atoms with Crippen LogP contribution in [0.2, 0.25) is 0 Å². The van der Waals surface area contributed by atoms with Gasteiger partial charge in [-0.05, 0) is 13.0 Å². The van der Waals surface area contributed by atoms with E-state index in [4.69, 9.17) is 10.5 Å². The molecule has 0 aliphatic carbocycles. The largest absolute Gasteiger partial charge is 0.493 e. The van der Waals surface area contributed by atoms with Crippen LogP contribution < -0.4 is 10.5 Å². The van der Waals surface area contributed by atoms with Crippen LogP contribution in [0.4, 0.5) is 0 Å². The minimum absolute atomic E-state index is 0.0612. The first kappa shape index (κ1) is 11.3. The number of hydrogen-bond acceptors (Lipinski definition) is 3. The number of hydrogen-bond donors (Lipinski definition) is 1. The number of para-hydroxylation sites is 1. The summed E-state index contributed by atoms with van der Waals surface area (Å²) < 4.78 is 7.58. The van der Waals surface area contributed by atoms with E-state index in [1.54, 1.807) is 0 Å². The van der Waals surface area contributed by atoms with E-state index in [1.165, 1.54) is 5.56 Å². The summed E-state index contributed by atoms with van der Waals surface area (Å²) in [6.45, 7) is 3.58. The topological polar surface area (TPSA) is 53.1 Å². The van der Waals surface area contributed by atoms with Gasteiger partial charge in [-0.1, -0.05) is 18.2 Å². The van der Waals surface area contributed by atoms with Crippen LogP contribution in [0.5, 0.6) is 5.75 Å². The van der Waals surface area contributed by atoms with Crippen molar-refractivity contribution in [3.05, 3.63) is 47.8 Å². The first-order valence-corrected chi connectivity index (χ1v) is 6.29. The Morgan fingerprint density at radius 2 is 2.33 bits per heavy atom. The summed E-state index contributed by atoms with van der Waals surface area (Å²) in [4.78, 5) is 0. The van der Waals surface area contributed by atoms with Crippen molar-refractivity contribution in [3.63, 3.8) is 0 Å². The van der Waals surface area contributed by atoms with Crippen LogP contribution >= 0.6 is 0 Å². The van der Waals surface area contributed by atoms with Crippen molar-refractivity contribution < 1.29 is 4.74 Å². The van der Waals surface area contributed by atoms with Gasteiger partial charge >= 0.3 is 0 Å². The van der Waals surface area contributed by atoms with Crippen molar-refractivity contribution in [2.24, 2.45) is 5.73 Å². The van der Waals surface area contributed by atoms with E-state index in [-0.39, 0.29) is 12.0 Å². The van der Waals surface area contributed by atoms with E-state index >= 15 is 0 Å². The summed E-state index contributed by atoms with van der Waals surface area (Å²) in [6.07, 6.45) is 3.88. The van der Waals surface area contributed by atoms with Gasteiger partial charge in [0.05, 0.1) is 12.8 Å². The highest BCUT2D eigenvalue weighted by Crippen LogP contribution is 2.39. The van der Waals surface area contributed by atoms with Gasteiger partial charge < -0.3 is 10.5 Å². The molecule has 18 heavy (non-hydrogen) atoms. The molecule has 94 valence electrons. The van der Waals surface area contributed by atoms with Gasteiger partial charge in [0.1, 0.15) is 5.75 Å². The molecule has 3 rings (SSSR count). The molecule has 1 aromatic heterocycles. The maximum absolute atomic E-state index is 6.35. The maximum Gasteiger partial charge on any atom is 0.122 e. The quantitative estimate of drug-likeness (QED) is 0.898. The molecular formula is C14H17N3O. The normalized spacial score (nSPS) is 19.3. The standard InChI is InChI=1S/C14H17N3O/c1-2-17-8-10(7-16-17)14(15)12-9-18-13-6-4-3-5-11(12)13/h3-8,12,14H,2,9,15H2,1H3. The van der Waals surface area contributed by atoms with E-state index in [9.17, 15) is 0 Å². The van der Waals surface area contributed by atoms with Crippen LogP contribution in [0.15, 0.2) is 36.7 Å². The summed E-state index contributed by atoms with van der Waals surface area (Å²) in [5, 5.41) is 4.28. The van der Waals surface area contributed by atoms with E-state index in [1.807, 2.05) is 35.3 Å². The number of rotatable bonds is 3. The zero-order valence-corrected chi connectivity index (χ0v) is 10.4. The Morgan fingerprint density at radius 3 is 3.11 bits per heavy atom. The summed E-state index contributed by atoms with van der Waals surface area (Å²) in [7, 11) is 0. The lowest BCUT2D eigenvalue weighted by Gasteiger charge is -2.16. The van der Waals surface area contributed by atoms with Crippen LogP contribution in [0, 0.1) is 0 Å². The Bertz CT molecular complexity index is 549. The zero-order chi connectivity index (χ0) is 12.5. The molecule has 0 amide bonds. The van der Waals surface area contributed by atoms with Crippen LogP contribution in [0.25, 0.3) is 0 Å². The Kier molecular flexibility index (Phi) is 2.80. The lowest BCUT2D eigenvalue weighted by Crippen LogP contribution is -2.20. The Labute approximate surface area is 106 Å². The Hall–Kier alpha value is -1.81. The Morgan fingerprint density at radius 1 is 1.50 bits per heavy atom. The molecule has 4 heteroatoms. The lowest BCUT2D eigenvalue weighted by atomic mass is 9.91. The Balaban J connectivity index is 1.88. The predicted octanol–water partition coefficient (Wildman–Crippen LogP) is 2.08. The number of aryl methyl sites for hydroxylation is 1. The van der Waals surface area contributed by atoms with Crippen molar-refractivity contribution in [1.82, 2.24) is 9.78 Å². The van der Waals surface area contributed by atoms with Crippen LogP contribution in [-0.2, 0) is 6.54 Å². The van der Waals surface area contributed by atoms with Gasteiger partial charge in [-0.2, -0.15) is 5.10 Å². The summed E-state index contributed by atoms with van der Waals surface area (Å²) >= 11 is 0. The average Bonchev–Trinajstić information content (AvgIpc) is 3.04. The number of nitrogens with two attached hydrogens (primary N) is 1. The molecule has 0 fully saturated rings. The van der Waals surface area contributed by atoms with E-state index in [0.29, 0.717) is 6.61 Å². The molecule has 0 saturated heterocycles. The van der Waals surface area contributed by atoms with Crippen LogP contribution in [0.3, 0.4) is 0 Å². The van der Waals surface area contributed by atoms with Gasteiger partial charge in [0.25, 0.3) is 0 Å². The van der Waals surface area contributed by atoms with Crippen molar-refractivity contribution >= 4 is 0 Å². The molecule has 0 spiro atoms. The minimum Gasteiger partial charge on any atom is -0.493 e. The third-order valence-corrected chi connectivity index (χ3v) is 3.53. The maximum atomic E-state index is 6.35. The van der Waals surface area contributed by atoms with Gasteiger partial charge in [-0.15, -0.1) is 0 Å². The molecule has 2 unspecified atom stereocenters. The molecule has 2 heterocycles. The lowest BCUT2D eigenvalue weighted by molar-refractivity contribution is 0.315. The smallest absolute Gasteiger partial charge is 0.122 e.